The number of ether oxygens (including phenoxy) is 1. The lowest BCUT2D eigenvalue weighted by Crippen LogP contribution is -2.57. The Morgan fingerprint density at radius 2 is 1.47 bits per heavy atom. The quantitative estimate of drug-likeness (QED) is 0.255. The molecule has 0 radical (unpaired) electrons. The van der Waals surface area contributed by atoms with Gasteiger partial charge in [0.25, 0.3) is 0 Å². The average molecular weight is 534 g/mol. The average Bonchev–Trinajstić information content (AvgIpc) is 2.79. The Bertz CT molecular complexity index is 899. The molecule has 10 nitrogen and oxygen atoms in total. The molecule has 3 atom stereocenters. The summed E-state index contributed by atoms with van der Waals surface area (Å²) in [5.74, 6) is -1.53. The smallest absolute Gasteiger partial charge is 0.408 e. The van der Waals surface area contributed by atoms with Gasteiger partial charge in [-0.25, -0.2) is 4.79 Å². The van der Waals surface area contributed by atoms with Crippen LogP contribution in [0.4, 0.5) is 4.79 Å². The first-order valence-electron chi connectivity index (χ1n) is 13.3. The van der Waals surface area contributed by atoms with Crippen molar-refractivity contribution >= 4 is 23.8 Å². The van der Waals surface area contributed by atoms with Crippen molar-refractivity contribution < 1.29 is 23.9 Å². The third kappa shape index (κ3) is 14.0. The van der Waals surface area contributed by atoms with Crippen LogP contribution in [0.2, 0.25) is 0 Å². The molecule has 0 aromatic heterocycles. The normalized spacial score (nSPS) is 13.9. The van der Waals surface area contributed by atoms with Crippen LogP contribution in [0.5, 0.6) is 0 Å². The Morgan fingerprint density at radius 1 is 0.895 bits per heavy atom. The van der Waals surface area contributed by atoms with Gasteiger partial charge in [-0.15, -0.1) is 0 Å². The maximum atomic E-state index is 13.4. The van der Waals surface area contributed by atoms with Crippen LogP contribution in [0.25, 0.3) is 0 Å². The fourth-order valence-electron chi connectivity index (χ4n) is 3.82. The minimum absolute atomic E-state index is 0.125. The van der Waals surface area contributed by atoms with Crippen LogP contribution in [-0.2, 0) is 25.5 Å². The first-order chi connectivity index (χ1) is 17.7. The Hall–Kier alpha value is -3.14. The Balaban J connectivity index is 3.11. The zero-order valence-electron chi connectivity index (χ0n) is 24.0. The second kappa shape index (κ2) is 16.0. The molecule has 5 N–H and O–H groups in total. The molecule has 0 heterocycles. The minimum Gasteiger partial charge on any atom is -0.444 e. The van der Waals surface area contributed by atoms with E-state index in [9.17, 15) is 19.2 Å². The van der Waals surface area contributed by atoms with Crippen LogP contribution in [0, 0.1) is 5.92 Å². The lowest BCUT2D eigenvalue weighted by atomic mass is 10.0. The molecule has 0 aliphatic carbocycles. The number of hydrogen-bond acceptors (Lipinski definition) is 6. The first kappa shape index (κ1) is 32.9. The van der Waals surface area contributed by atoms with Crippen LogP contribution in [0.15, 0.2) is 30.3 Å². The zero-order chi connectivity index (χ0) is 28.9. The van der Waals surface area contributed by atoms with Gasteiger partial charge in [0, 0.05) is 6.42 Å². The molecule has 1 rings (SSSR count). The number of nitrogens with zero attached hydrogens (tertiary/aromatic N) is 1. The highest BCUT2D eigenvalue weighted by atomic mass is 16.6. The van der Waals surface area contributed by atoms with Crippen LogP contribution >= 0.6 is 0 Å². The molecule has 0 aliphatic heterocycles. The van der Waals surface area contributed by atoms with Crippen molar-refractivity contribution in [3.63, 3.8) is 0 Å². The van der Waals surface area contributed by atoms with E-state index in [4.69, 9.17) is 10.5 Å². The topological polar surface area (TPSA) is 143 Å². The molecule has 10 heteroatoms. The lowest BCUT2D eigenvalue weighted by molar-refractivity contribution is -0.132. The van der Waals surface area contributed by atoms with Crippen LogP contribution < -0.4 is 21.7 Å². The largest absolute Gasteiger partial charge is 0.444 e. The summed E-state index contributed by atoms with van der Waals surface area (Å²) in [6.07, 6.45) is 1.75. The molecule has 1 aromatic rings. The van der Waals surface area contributed by atoms with Gasteiger partial charge in [0.05, 0.1) is 0 Å². The van der Waals surface area contributed by atoms with Crippen molar-refractivity contribution in [2.75, 3.05) is 20.6 Å². The maximum Gasteiger partial charge on any atom is 0.408 e. The van der Waals surface area contributed by atoms with E-state index >= 15 is 0 Å². The molecule has 0 saturated carbocycles. The zero-order valence-corrected chi connectivity index (χ0v) is 24.0. The van der Waals surface area contributed by atoms with Crippen molar-refractivity contribution in [3.05, 3.63) is 35.9 Å². The fourth-order valence-corrected chi connectivity index (χ4v) is 3.82. The maximum absolute atomic E-state index is 13.4. The Kier molecular flexibility index (Phi) is 13.8. The van der Waals surface area contributed by atoms with E-state index in [1.54, 1.807) is 20.8 Å². The molecular weight excluding hydrogens is 486 g/mol. The van der Waals surface area contributed by atoms with Gasteiger partial charge in [0.1, 0.15) is 23.7 Å². The first-order valence-corrected chi connectivity index (χ1v) is 13.3. The lowest BCUT2D eigenvalue weighted by Gasteiger charge is -2.26. The van der Waals surface area contributed by atoms with Crippen molar-refractivity contribution in [1.82, 2.24) is 20.9 Å². The van der Waals surface area contributed by atoms with E-state index in [0.29, 0.717) is 19.3 Å². The number of rotatable bonds is 15. The number of benzene rings is 1. The van der Waals surface area contributed by atoms with Crippen molar-refractivity contribution in [3.8, 4) is 0 Å². The van der Waals surface area contributed by atoms with E-state index < -0.39 is 47.5 Å². The molecule has 0 fully saturated rings. The molecule has 214 valence electrons. The highest BCUT2D eigenvalue weighted by Gasteiger charge is 2.30. The van der Waals surface area contributed by atoms with E-state index in [1.807, 2.05) is 63.2 Å². The number of hydrogen-bond donors (Lipinski definition) is 4. The minimum atomic E-state index is -0.983. The number of nitrogens with two attached hydrogens (primary N) is 1. The number of carbonyl (C=O) groups excluding carboxylic acids is 4. The van der Waals surface area contributed by atoms with E-state index in [2.05, 4.69) is 16.0 Å². The van der Waals surface area contributed by atoms with Crippen LogP contribution in [0.1, 0.15) is 65.9 Å². The predicted octanol–water partition coefficient (Wildman–Crippen LogP) is 2.36. The summed E-state index contributed by atoms with van der Waals surface area (Å²) in [5, 5.41) is 8.16. The second-order valence-electron chi connectivity index (χ2n) is 11.3. The molecule has 0 saturated heterocycles. The summed E-state index contributed by atoms with van der Waals surface area (Å²) < 4.78 is 5.36. The van der Waals surface area contributed by atoms with Crippen molar-refractivity contribution in [1.29, 1.82) is 0 Å². The van der Waals surface area contributed by atoms with Gasteiger partial charge in [-0.1, -0.05) is 44.2 Å². The van der Waals surface area contributed by atoms with Gasteiger partial charge >= 0.3 is 6.09 Å². The van der Waals surface area contributed by atoms with Crippen LogP contribution in [-0.4, -0.2) is 73.1 Å². The van der Waals surface area contributed by atoms with Gasteiger partial charge in [-0.3, -0.25) is 14.4 Å². The molecule has 0 unspecified atom stereocenters. The van der Waals surface area contributed by atoms with E-state index in [1.165, 1.54) is 0 Å². The predicted molar refractivity (Wildman–Crippen MR) is 148 cm³/mol. The molecule has 38 heavy (non-hydrogen) atoms. The fraction of sp³-hybridized carbons (Fsp3) is 0.643. The van der Waals surface area contributed by atoms with Crippen molar-refractivity contribution in [2.24, 2.45) is 11.7 Å². The number of carbonyl (C=O) groups is 4. The second-order valence-corrected chi connectivity index (χ2v) is 11.3. The summed E-state index contributed by atoms with van der Waals surface area (Å²) in [6, 6.07) is 6.50. The van der Waals surface area contributed by atoms with Gasteiger partial charge < -0.3 is 31.3 Å². The van der Waals surface area contributed by atoms with Gasteiger partial charge in [-0.2, -0.15) is 0 Å². The van der Waals surface area contributed by atoms with Gasteiger partial charge in [-0.05, 0) is 78.6 Å². The highest BCUT2D eigenvalue weighted by molar-refractivity contribution is 5.93. The number of nitrogens with one attached hydrogen (secondary N) is 3. The molecule has 4 amide bonds. The molecular formula is C28H47N5O5. The number of alkyl carbamates (subject to hydrolysis) is 1. The molecule has 1 aromatic carbocycles. The summed E-state index contributed by atoms with van der Waals surface area (Å²) in [4.78, 5) is 53.2. The summed E-state index contributed by atoms with van der Waals surface area (Å²) >= 11 is 0. The number of primary amides is 1. The number of amides is 4. The monoisotopic (exact) mass is 533 g/mol. The van der Waals surface area contributed by atoms with Gasteiger partial charge in [0.2, 0.25) is 17.7 Å². The molecule has 0 aliphatic rings. The Morgan fingerprint density at radius 3 is 2.00 bits per heavy atom. The number of unbranched alkanes of at least 4 members (excludes halogenated alkanes) is 1. The summed E-state index contributed by atoms with van der Waals surface area (Å²) in [5.41, 5.74) is 5.62. The SMILES string of the molecule is CC(C)C[C@H](NC(=O)[C@H](Cc1ccccc1)NC(=O)[C@H](CCCCN(C)C)NC(=O)OC(C)(C)C)C(N)=O. The van der Waals surface area contributed by atoms with Crippen molar-refractivity contribution in [2.45, 2.75) is 90.4 Å². The molecule has 0 bridgehead atoms. The Labute approximate surface area is 227 Å². The summed E-state index contributed by atoms with van der Waals surface area (Å²) in [6.45, 7) is 9.91. The highest BCUT2D eigenvalue weighted by Crippen LogP contribution is 2.11. The van der Waals surface area contributed by atoms with Crippen LogP contribution in [0.3, 0.4) is 0 Å². The molecule has 0 spiro atoms. The van der Waals surface area contributed by atoms with E-state index in [0.717, 1.165) is 18.5 Å². The van der Waals surface area contributed by atoms with E-state index in [-0.39, 0.29) is 12.3 Å². The third-order valence-electron chi connectivity index (χ3n) is 5.64. The summed E-state index contributed by atoms with van der Waals surface area (Å²) in [7, 11) is 3.93. The standard InChI is InChI=1S/C28H47N5O5/c1-19(2)17-22(24(29)34)30-26(36)23(18-20-13-9-8-10-14-20)31-25(35)21(15-11-12-16-33(6)7)32-27(37)38-28(3,4)5/h8-10,13-14,19,21-23H,11-12,15-18H2,1-7H3,(H2,29,34)(H,30,36)(H,31,35)(H,32,37)/t21-,22-,23-/m0/s1. The van der Waals surface area contributed by atoms with Gasteiger partial charge in [0.15, 0.2) is 0 Å². The third-order valence-corrected chi connectivity index (χ3v) is 5.64.